The summed E-state index contributed by atoms with van der Waals surface area (Å²) in [5, 5.41) is 0.598. The normalized spacial score (nSPS) is 18.3. The fraction of sp³-hybridized carbons (Fsp3) is 0.235. The van der Waals surface area contributed by atoms with Crippen LogP contribution in [0.3, 0.4) is 0 Å². The number of hydrogen-bond acceptors (Lipinski definition) is 2. The zero-order valence-corrected chi connectivity index (χ0v) is 14.2. The standard InChI is InChI=1S/C17H15BrClNO2/c18-14-10-13(6-7-15(14)19)17(21)20-8-9-22-16(11-20)12-4-2-1-3-5-12/h1-7,10,16H,8-9,11H2. The molecule has 0 aliphatic carbocycles. The van der Waals surface area contributed by atoms with Crippen LogP contribution in [0.2, 0.25) is 5.02 Å². The van der Waals surface area contributed by atoms with Crippen LogP contribution in [0.1, 0.15) is 22.0 Å². The fourth-order valence-corrected chi connectivity index (χ4v) is 3.01. The molecule has 1 heterocycles. The van der Waals surface area contributed by atoms with Crippen LogP contribution in [0.4, 0.5) is 0 Å². The summed E-state index contributed by atoms with van der Waals surface area (Å²) in [5.74, 6) is 0.00148. The maximum Gasteiger partial charge on any atom is 0.254 e. The van der Waals surface area contributed by atoms with E-state index in [-0.39, 0.29) is 12.0 Å². The maximum absolute atomic E-state index is 12.6. The van der Waals surface area contributed by atoms with Crippen LogP contribution in [0.5, 0.6) is 0 Å². The number of hydrogen-bond donors (Lipinski definition) is 0. The van der Waals surface area contributed by atoms with Crippen molar-refractivity contribution in [3.05, 3.63) is 69.2 Å². The van der Waals surface area contributed by atoms with Gasteiger partial charge in [-0.1, -0.05) is 41.9 Å². The van der Waals surface area contributed by atoms with Crippen molar-refractivity contribution in [1.82, 2.24) is 4.90 Å². The third-order valence-electron chi connectivity index (χ3n) is 3.69. The lowest BCUT2D eigenvalue weighted by Crippen LogP contribution is -2.42. The Hall–Kier alpha value is -1.36. The number of ether oxygens (including phenoxy) is 1. The van der Waals surface area contributed by atoms with Gasteiger partial charge >= 0.3 is 0 Å². The second-order valence-corrected chi connectivity index (χ2v) is 6.41. The Balaban J connectivity index is 1.76. The molecule has 1 unspecified atom stereocenters. The van der Waals surface area contributed by atoms with E-state index in [2.05, 4.69) is 15.9 Å². The summed E-state index contributed by atoms with van der Waals surface area (Å²) >= 11 is 9.34. The van der Waals surface area contributed by atoms with Gasteiger partial charge in [0.05, 0.1) is 18.2 Å². The molecule has 1 aliphatic heterocycles. The Bertz CT molecular complexity index is 678. The molecule has 3 nitrogen and oxygen atoms in total. The molecule has 1 amide bonds. The van der Waals surface area contributed by atoms with Gasteiger partial charge in [0.2, 0.25) is 0 Å². The minimum Gasteiger partial charge on any atom is -0.370 e. The molecule has 1 atom stereocenters. The Morgan fingerprint density at radius 2 is 2.00 bits per heavy atom. The molecule has 2 aromatic carbocycles. The lowest BCUT2D eigenvalue weighted by molar-refractivity contribution is -0.0228. The van der Waals surface area contributed by atoms with Crippen LogP contribution < -0.4 is 0 Å². The molecule has 0 radical (unpaired) electrons. The van der Waals surface area contributed by atoms with Crippen LogP contribution in [0, 0.1) is 0 Å². The maximum atomic E-state index is 12.6. The smallest absolute Gasteiger partial charge is 0.254 e. The van der Waals surface area contributed by atoms with Crippen molar-refractivity contribution in [2.45, 2.75) is 6.10 Å². The lowest BCUT2D eigenvalue weighted by Gasteiger charge is -2.33. The number of amides is 1. The molecule has 22 heavy (non-hydrogen) atoms. The minimum absolute atomic E-state index is 0.00148. The van der Waals surface area contributed by atoms with Gasteiger partial charge in [-0.25, -0.2) is 0 Å². The van der Waals surface area contributed by atoms with Crippen molar-refractivity contribution in [3.63, 3.8) is 0 Å². The molecule has 1 saturated heterocycles. The van der Waals surface area contributed by atoms with E-state index in [1.807, 2.05) is 35.2 Å². The predicted molar refractivity (Wildman–Crippen MR) is 90.2 cm³/mol. The van der Waals surface area contributed by atoms with E-state index in [4.69, 9.17) is 16.3 Å². The van der Waals surface area contributed by atoms with Gasteiger partial charge in [0.25, 0.3) is 5.91 Å². The van der Waals surface area contributed by atoms with Gasteiger partial charge < -0.3 is 9.64 Å². The van der Waals surface area contributed by atoms with Crippen molar-refractivity contribution < 1.29 is 9.53 Å². The quantitative estimate of drug-likeness (QED) is 0.777. The minimum atomic E-state index is -0.0744. The molecule has 0 bridgehead atoms. The highest BCUT2D eigenvalue weighted by Crippen LogP contribution is 2.26. The average molecular weight is 381 g/mol. The average Bonchev–Trinajstić information content (AvgIpc) is 2.57. The third kappa shape index (κ3) is 3.35. The zero-order chi connectivity index (χ0) is 15.5. The van der Waals surface area contributed by atoms with Gasteiger partial charge in [-0.3, -0.25) is 4.79 Å². The first-order chi connectivity index (χ1) is 10.6. The number of rotatable bonds is 2. The molecule has 0 saturated carbocycles. The lowest BCUT2D eigenvalue weighted by atomic mass is 10.1. The van der Waals surface area contributed by atoms with Crippen molar-refractivity contribution in [3.8, 4) is 0 Å². The summed E-state index contributed by atoms with van der Waals surface area (Å²) in [4.78, 5) is 14.5. The van der Waals surface area contributed by atoms with Gasteiger partial charge in [-0.05, 0) is 39.7 Å². The largest absolute Gasteiger partial charge is 0.370 e. The Labute approximate surface area is 143 Å². The Morgan fingerprint density at radius 1 is 1.23 bits per heavy atom. The highest BCUT2D eigenvalue weighted by atomic mass is 79.9. The van der Waals surface area contributed by atoms with Gasteiger partial charge in [0.15, 0.2) is 0 Å². The fourth-order valence-electron chi connectivity index (χ4n) is 2.51. The molecule has 0 spiro atoms. The van der Waals surface area contributed by atoms with Crippen molar-refractivity contribution in [2.24, 2.45) is 0 Å². The first kappa shape index (κ1) is 15.5. The van der Waals surface area contributed by atoms with Gasteiger partial charge in [-0.15, -0.1) is 0 Å². The second kappa shape index (κ2) is 6.82. The topological polar surface area (TPSA) is 29.5 Å². The number of carbonyl (C=O) groups excluding carboxylic acids is 1. The van der Waals surface area contributed by atoms with Crippen LogP contribution in [-0.2, 0) is 4.74 Å². The number of morpholine rings is 1. The van der Waals surface area contributed by atoms with Crippen LogP contribution >= 0.6 is 27.5 Å². The SMILES string of the molecule is O=C(c1ccc(Cl)c(Br)c1)N1CCOC(c2ccccc2)C1. The summed E-state index contributed by atoms with van der Waals surface area (Å²) in [6.07, 6.45) is -0.0744. The molecule has 0 N–H and O–H groups in total. The van der Waals surface area contributed by atoms with Gasteiger partial charge in [0, 0.05) is 16.6 Å². The van der Waals surface area contributed by atoms with Crippen LogP contribution in [0.25, 0.3) is 0 Å². The van der Waals surface area contributed by atoms with Crippen molar-refractivity contribution in [1.29, 1.82) is 0 Å². The summed E-state index contributed by atoms with van der Waals surface area (Å²) in [7, 11) is 0. The molecule has 2 aromatic rings. The zero-order valence-electron chi connectivity index (χ0n) is 11.8. The highest BCUT2D eigenvalue weighted by Gasteiger charge is 2.26. The molecular weight excluding hydrogens is 366 g/mol. The van der Waals surface area contributed by atoms with Gasteiger partial charge in [0.1, 0.15) is 6.10 Å². The van der Waals surface area contributed by atoms with E-state index in [1.165, 1.54) is 0 Å². The van der Waals surface area contributed by atoms with E-state index < -0.39 is 0 Å². The predicted octanol–water partition coefficient (Wildman–Crippen LogP) is 4.32. The second-order valence-electron chi connectivity index (χ2n) is 5.15. The molecule has 5 heteroatoms. The molecule has 3 rings (SSSR count). The van der Waals surface area contributed by atoms with E-state index in [1.54, 1.807) is 18.2 Å². The molecule has 114 valence electrons. The van der Waals surface area contributed by atoms with E-state index in [0.717, 1.165) is 10.0 Å². The first-order valence-electron chi connectivity index (χ1n) is 7.06. The van der Waals surface area contributed by atoms with Crippen LogP contribution in [-0.4, -0.2) is 30.5 Å². The summed E-state index contributed by atoms with van der Waals surface area (Å²) < 4.78 is 6.53. The molecule has 0 aromatic heterocycles. The molecule has 1 fully saturated rings. The van der Waals surface area contributed by atoms with Crippen molar-refractivity contribution >= 4 is 33.4 Å². The highest BCUT2D eigenvalue weighted by molar-refractivity contribution is 9.10. The van der Waals surface area contributed by atoms with E-state index in [0.29, 0.717) is 30.3 Å². The van der Waals surface area contributed by atoms with E-state index in [9.17, 15) is 4.79 Å². The number of benzene rings is 2. The van der Waals surface area contributed by atoms with E-state index >= 15 is 0 Å². The molecular formula is C17H15BrClNO2. The van der Waals surface area contributed by atoms with Gasteiger partial charge in [-0.2, -0.15) is 0 Å². The van der Waals surface area contributed by atoms with Crippen molar-refractivity contribution in [2.75, 3.05) is 19.7 Å². The third-order valence-corrected chi connectivity index (χ3v) is 4.91. The number of nitrogens with zero attached hydrogens (tertiary/aromatic N) is 1. The monoisotopic (exact) mass is 379 g/mol. The summed E-state index contributed by atoms with van der Waals surface area (Å²) in [6, 6.07) is 15.2. The van der Waals surface area contributed by atoms with Crippen LogP contribution in [0.15, 0.2) is 53.0 Å². The first-order valence-corrected chi connectivity index (χ1v) is 8.23. The summed E-state index contributed by atoms with van der Waals surface area (Å²) in [5.41, 5.74) is 1.72. The Kier molecular flexibility index (Phi) is 4.81. The number of halogens is 2. The Morgan fingerprint density at radius 3 is 2.73 bits per heavy atom. The summed E-state index contributed by atoms with van der Waals surface area (Å²) in [6.45, 7) is 1.70. The number of carbonyl (C=O) groups is 1. The molecule has 1 aliphatic rings.